The zero-order valence-corrected chi connectivity index (χ0v) is 14.9. The van der Waals surface area contributed by atoms with Crippen LogP contribution in [0.3, 0.4) is 0 Å². The van der Waals surface area contributed by atoms with Gasteiger partial charge < -0.3 is 4.98 Å². The molecule has 0 amide bonds. The van der Waals surface area contributed by atoms with Crippen LogP contribution in [0.25, 0.3) is 33.5 Å². The molecule has 0 saturated heterocycles. The number of aryl methyl sites for hydroxylation is 1. The molecule has 0 aliphatic carbocycles. The van der Waals surface area contributed by atoms with Crippen molar-refractivity contribution in [3.05, 3.63) is 71.8 Å². The van der Waals surface area contributed by atoms with E-state index in [2.05, 4.69) is 40.9 Å². The molecule has 130 valence electrons. The predicted octanol–water partition coefficient (Wildman–Crippen LogP) is 5.56. The van der Waals surface area contributed by atoms with Crippen LogP contribution in [0.1, 0.15) is 25.0 Å². The van der Waals surface area contributed by atoms with Gasteiger partial charge in [0.25, 0.3) is 0 Å². The molecule has 2 heterocycles. The number of fused-ring (bicyclic) bond motifs is 1. The second-order valence-corrected chi connectivity index (χ2v) is 6.31. The van der Waals surface area contributed by atoms with Gasteiger partial charge in [-0.1, -0.05) is 38.1 Å². The summed E-state index contributed by atoms with van der Waals surface area (Å²) in [6.07, 6.45) is 5.29. The summed E-state index contributed by atoms with van der Waals surface area (Å²) in [5.74, 6) is -0.282. The van der Waals surface area contributed by atoms with E-state index in [-0.39, 0.29) is 5.82 Å². The average molecular weight is 345 g/mol. The third-order valence-corrected chi connectivity index (χ3v) is 4.82. The van der Waals surface area contributed by atoms with Gasteiger partial charge in [0.2, 0.25) is 0 Å². The molecule has 0 atom stereocenters. The van der Waals surface area contributed by atoms with Crippen LogP contribution in [0.2, 0.25) is 0 Å². The molecule has 0 spiro atoms. The van der Waals surface area contributed by atoms with Crippen LogP contribution in [-0.2, 0) is 12.8 Å². The van der Waals surface area contributed by atoms with Crippen LogP contribution in [0.5, 0.6) is 0 Å². The topological polar surface area (TPSA) is 41.6 Å². The lowest BCUT2D eigenvalue weighted by molar-refractivity contribution is 0.631. The van der Waals surface area contributed by atoms with Crippen LogP contribution in [0, 0.1) is 5.82 Å². The number of halogens is 1. The molecule has 0 saturated carbocycles. The highest BCUT2D eigenvalue weighted by atomic mass is 19.1. The Kier molecular flexibility index (Phi) is 4.25. The van der Waals surface area contributed by atoms with Crippen molar-refractivity contribution in [2.75, 3.05) is 0 Å². The fourth-order valence-corrected chi connectivity index (χ4v) is 3.50. The van der Waals surface area contributed by atoms with Crippen molar-refractivity contribution in [2.45, 2.75) is 26.7 Å². The van der Waals surface area contributed by atoms with Gasteiger partial charge in [-0.3, -0.25) is 0 Å². The first-order chi connectivity index (χ1) is 12.7. The van der Waals surface area contributed by atoms with Gasteiger partial charge >= 0.3 is 0 Å². The minimum Gasteiger partial charge on any atom is -0.345 e. The Bertz CT molecular complexity index is 1080. The van der Waals surface area contributed by atoms with Crippen molar-refractivity contribution >= 4 is 11.2 Å². The number of aromatic nitrogens is 3. The summed E-state index contributed by atoms with van der Waals surface area (Å²) in [7, 11) is 0. The smallest absolute Gasteiger partial charge is 0.156 e. The van der Waals surface area contributed by atoms with E-state index >= 15 is 0 Å². The maximum Gasteiger partial charge on any atom is 0.156 e. The first-order valence-electron chi connectivity index (χ1n) is 8.92. The van der Waals surface area contributed by atoms with Crippen LogP contribution in [-0.4, -0.2) is 15.0 Å². The van der Waals surface area contributed by atoms with E-state index in [1.54, 1.807) is 24.5 Å². The van der Waals surface area contributed by atoms with Crippen molar-refractivity contribution in [2.24, 2.45) is 0 Å². The molecule has 4 heteroatoms. The fraction of sp³-hybridized carbons (Fsp3) is 0.182. The molecule has 4 aromatic rings. The molecular weight excluding hydrogens is 325 g/mol. The van der Waals surface area contributed by atoms with Crippen molar-refractivity contribution in [3.8, 4) is 22.4 Å². The lowest BCUT2D eigenvalue weighted by Gasteiger charge is -2.13. The van der Waals surface area contributed by atoms with Gasteiger partial charge in [0, 0.05) is 11.8 Å². The fourth-order valence-electron chi connectivity index (χ4n) is 3.50. The number of benzene rings is 2. The molecule has 0 bridgehead atoms. The van der Waals surface area contributed by atoms with Gasteiger partial charge in [-0.15, -0.1) is 0 Å². The van der Waals surface area contributed by atoms with Gasteiger partial charge in [-0.05, 0) is 53.3 Å². The van der Waals surface area contributed by atoms with Crippen LogP contribution >= 0.6 is 0 Å². The Morgan fingerprint density at radius 1 is 1.00 bits per heavy atom. The van der Waals surface area contributed by atoms with Gasteiger partial charge in [0.15, 0.2) is 5.65 Å². The second kappa shape index (κ2) is 6.71. The van der Waals surface area contributed by atoms with E-state index < -0.39 is 0 Å². The summed E-state index contributed by atoms with van der Waals surface area (Å²) in [5.41, 5.74) is 7.05. The number of rotatable bonds is 4. The monoisotopic (exact) mass is 345 g/mol. The largest absolute Gasteiger partial charge is 0.345 e. The third kappa shape index (κ3) is 2.77. The van der Waals surface area contributed by atoms with Gasteiger partial charge in [-0.25, -0.2) is 14.4 Å². The first-order valence-corrected chi connectivity index (χ1v) is 8.92. The van der Waals surface area contributed by atoms with Crippen LogP contribution < -0.4 is 0 Å². The highest BCUT2D eigenvalue weighted by Gasteiger charge is 2.13. The predicted molar refractivity (Wildman–Crippen MR) is 103 cm³/mol. The lowest BCUT2D eigenvalue weighted by atomic mass is 9.92. The van der Waals surface area contributed by atoms with Gasteiger partial charge in [0.1, 0.15) is 11.3 Å². The molecular formula is C22H20FN3. The van der Waals surface area contributed by atoms with E-state index in [9.17, 15) is 4.39 Å². The summed E-state index contributed by atoms with van der Waals surface area (Å²) in [4.78, 5) is 11.8. The summed E-state index contributed by atoms with van der Waals surface area (Å²) in [6.45, 7) is 4.29. The molecule has 0 unspecified atom stereocenters. The lowest BCUT2D eigenvalue weighted by Crippen LogP contribution is -1.96. The van der Waals surface area contributed by atoms with Crippen molar-refractivity contribution in [3.63, 3.8) is 0 Å². The zero-order chi connectivity index (χ0) is 18.1. The molecule has 2 aromatic carbocycles. The Balaban J connectivity index is 1.79. The second-order valence-electron chi connectivity index (χ2n) is 6.31. The molecule has 4 rings (SSSR count). The molecule has 26 heavy (non-hydrogen) atoms. The Hall–Kier alpha value is -3.01. The van der Waals surface area contributed by atoms with Crippen LogP contribution in [0.4, 0.5) is 4.39 Å². The Labute approximate surface area is 152 Å². The third-order valence-electron chi connectivity index (χ3n) is 4.82. The number of nitrogens with one attached hydrogen (secondary N) is 1. The standard InChI is InChI=1S/C22H20FN3/c1-3-14-6-5-7-17(16(14)4-2)15-8-9-18(19(23)12-15)21-13-25-22-20(26-21)10-11-24-22/h5-13H,3-4H2,1-2H3,(H,24,25). The van der Waals surface area contributed by atoms with E-state index in [0.29, 0.717) is 16.9 Å². The molecule has 1 N–H and O–H groups in total. The first kappa shape index (κ1) is 16.5. The summed E-state index contributed by atoms with van der Waals surface area (Å²) in [6, 6.07) is 13.5. The highest BCUT2D eigenvalue weighted by molar-refractivity contribution is 5.76. The molecule has 2 aromatic heterocycles. The molecule has 0 fully saturated rings. The molecule has 3 nitrogen and oxygen atoms in total. The number of H-pyrrole nitrogens is 1. The zero-order valence-electron chi connectivity index (χ0n) is 14.9. The number of aromatic amines is 1. The van der Waals surface area contributed by atoms with E-state index in [1.165, 1.54) is 11.1 Å². The number of hydrogen-bond acceptors (Lipinski definition) is 2. The average Bonchev–Trinajstić information content (AvgIpc) is 3.14. The quantitative estimate of drug-likeness (QED) is 0.526. The van der Waals surface area contributed by atoms with E-state index in [0.717, 1.165) is 29.5 Å². The maximum atomic E-state index is 14.9. The molecule has 0 aliphatic heterocycles. The Morgan fingerprint density at radius 3 is 2.65 bits per heavy atom. The number of hydrogen-bond donors (Lipinski definition) is 1. The maximum absolute atomic E-state index is 14.9. The van der Waals surface area contributed by atoms with Crippen molar-refractivity contribution in [1.29, 1.82) is 0 Å². The normalized spacial score (nSPS) is 11.2. The molecule has 0 aliphatic rings. The minimum atomic E-state index is -0.282. The minimum absolute atomic E-state index is 0.282. The van der Waals surface area contributed by atoms with Gasteiger partial charge in [-0.2, -0.15) is 0 Å². The van der Waals surface area contributed by atoms with Crippen LogP contribution in [0.15, 0.2) is 54.9 Å². The summed E-state index contributed by atoms with van der Waals surface area (Å²) in [5, 5.41) is 0. The SMILES string of the molecule is CCc1cccc(-c2ccc(-c3cnc4[nH]ccc4n3)c(F)c2)c1CC. The summed E-state index contributed by atoms with van der Waals surface area (Å²) < 4.78 is 14.9. The molecule has 0 radical (unpaired) electrons. The van der Waals surface area contributed by atoms with Gasteiger partial charge in [0.05, 0.1) is 11.9 Å². The number of nitrogens with zero attached hydrogens (tertiary/aromatic N) is 2. The summed E-state index contributed by atoms with van der Waals surface area (Å²) >= 11 is 0. The Morgan fingerprint density at radius 2 is 1.88 bits per heavy atom. The van der Waals surface area contributed by atoms with Crippen molar-refractivity contribution in [1.82, 2.24) is 15.0 Å². The van der Waals surface area contributed by atoms with E-state index in [4.69, 9.17) is 0 Å². The van der Waals surface area contributed by atoms with Crippen molar-refractivity contribution < 1.29 is 4.39 Å². The van der Waals surface area contributed by atoms with E-state index in [1.807, 2.05) is 18.2 Å². The highest BCUT2D eigenvalue weighted by Crippen LogP contribution is 2.31.